The second-order valence-corrected chi connectivity index (χ2v) is 7.45. The van der Waals surface area contributed by atoms with Crippen molar-refractivity contribution < 1.29 is 4.74 Å². The third kappa shape index (κ3) is 2.32. The van der Waals surface area contributed by atoms with E-state index in [2.05, 4.69) is 79.2 Å². The maximum atomic E-state index is 6.10. The van der Waals surface area contributed by atoms with Crippen molar-refractivity contribution in [3.8, 4) is 0 Å². The molecule has 0 saturated carbocycles. The molecule has 0 aromatic heterocycles. The fourth-order valence-electron chi connectivity index (χ4n) is 2.71. The predicted molar refractivity (Wildman–Crippen MR) is 83.7 cm³/mol. The van der Waals surface area contributed by atoms with Crippen molar-refractivity contribution in [2.24, 2.45) is 5.41 Å². The van der Waals surface area contributed by atoms with Crippen LogP contribution < -0.4 is 0 Å². The highest BCUT2D eigenvalue weighted by molar-refractivity contribution is 9.09. The van der Waals surface area contributed by atoms with Crippen molar-refractivity contribution in [1.82, 2.24) is 0 Å². The van der Waals surface area contributed by atoms with Gasteiger partial charge in [-0.25, -0.2) is 0 Å². The zero-order valence-electron chi connectivity index (χ0n) is 11.6. The Labute approximate surface area is 123 Å². The second-order valence-electron chi connectivity index (χ2n) is 6.39. The van der Waals surface area contributed by atoms with Crippen LogP contribution >= 0.6 is 15.9 Å². The number of alkyl halides is 1. The van der Waals surface area contributed by atoms with E-state index in [1.807, 2.05) is 0 Å². The summed E-state index contributed by atoms with van der Waals surface area (Å²) >= 11 is 3.80. The van der Waals surface area contributed by atoms with Crippen LogP contribution in [0.25, 0.3) is 10.8 Å². The molecular weight excluding hydrogens is 300 g/mol. The van der Waals surface area contributed by atoms with E-state index in [9.17, 15) is 0 Å². The van der Waals surface area contributed by atoms with Gasteiger partial charge < -0.3 is 4.74 Å². The molecule has 0 spiro atoms. The van der Waals surface area contributed by atoms with Crippen LogP contribution in [0.4, 0.5) is 0 Å². The first-order chi connectivity index (χ1) is 8.97. The number of rotatable bonds is 1. The molecule has 2 heteroatoms. The first-order valence-electron chi connectivity index (χ1n) is 6.75. The van der Waals surface area contributed by atoms with Gasteiger partial charge >= 0.3 is 0 Å². The second kappa shape index (κ2) is 4.60. The van der Waals surface area contributed by atoms with Gasteiger partial charge in [-0.15, -0.1) is 0 Å². The van der Waals surface area contributed by atoms with Gasteiger partial charge in [0.05, 0.1) is 17.0 Å². The standard InChI is InChI=1S/C17H19BrO/c1-17(2,3)16-14(18)15(19-16)13-9-8-11-6-4-5-7-12(11)10-13/h4-10,14-16H,1-3H3/t14-,15-,16-/m1/s1. The highest BCUT2D eigenvalue weighted by Gasteiger charge is 2.47. The molecule has 0 bridgehead atoms. The number of ether oxygens (including phenoxy) is 1. The van der Waals surface area contributed by atoms with Crippen LogP contribution in [0.15, 0.2) is 42.5 Å². The molecule has 0 N–H and O–H groups in total. The van der Waals surface area contributed by atoms with Crippen molar-refractivity contribution in [3.05, 3.63) is 48.0 Å². The maximum Gasteiger partial charge on any atom is 0.0980 e. The zero-order valence-corrected chi connectivity index (χ0v) is 13.1. The Hall–Kier alpha value is -0.860. The van der Waals surface area contributed by atoms with Gasteiger partial charge in [-0.2, -0.15) is 0 Å². The third-order valence-electron chi connectivity index (χ3n) is 3.83. The van der Waals surface area contributed by atoms with E-state index in [1.165, 1.54) is 16.3 Å². The number of hydrogen-bond donors (Lipinski definition) is 0. The molecule has 0 amide bonds. The summed E-state index contributed by atoms with van der Waals surface area (Å²) < 4.78 is 6.10. The summed E-state index contributed by atoms with van der Waals surface area (Å²) in [6.07, 6.45) is 0.456. The molecule has 3 atom stereocenters. The fourth-order valence-corrected chi connectivity index (χ4v) is 4.05. The predicted octanol–water partition coefficient (Wildman–Crippen LogP) is 5.09. The SMILES string of the molecule is CC(C)(C)[C@@H]1O[C@H](c2ccc3ccccc3c2)[C@H]1Br. The van der Waals surface area contributed by atoms with Crippen molar-refractivity contribution >= 4 is 26.7 Å². The molecule has 2 aromatic rings. The zero-order chi connectivity index (χ0) is 13.6. The lowest BCUT2D eigenvalue weighted by Gasteiger charge is -2.48. The van der Waals surface area contributed by atoms with Gasteiger partial charge in [-0.1, -0.05) is 73.1 Å². The van der Waals surface area contributed by atoms with Gasteiger partial charge in [0, 0.05) is 0 Å². The van der Waals surface area contributed by atoms with Gasteiger partial charge in [0.15, 0.2) is 0 Å². The summed E-state index contributed by atoms with van der Waals surface area (Å²) in [5.41, 5.74) is 1.45. The van der Waals surface area contributed by atoms with Crippen LogP contribution in [0.1, 0.15) is 32.4 Å². The molecule has 3 rings (SSSR count). The highest BCUT2D eigenvalue weighted by atomic mass is 79.9. The van der Waals surface area contributed by atoms with E-state index >= 15 is 0 Å². The maximum absolute atomic E-state index is 6.10. The fraction of sp³-hybridized carbons (Fsp3) is 0.412. The summed E-state index contributed by atoms with van der Waals surface area (Å²) in [5.74, 6) is 0. The lowest BCUT2D eigenvalue weighted by molar-refractivity contribution is -0.162. The molecule has 0 aliphatic carbocycles. The minimum atomic E-state index is 0.175. The minimum Gasteiger partial charge on any atom is -0.367 e. The van der Waals surface area contributed by atoms with E-state index in [1.54, 1.807) is 0 Å². The summed E-state index contributed by atoms with van der Waals surface area (Å²) in [5, 5.41) is 2.56. The highest BCUT2D eigenvalue weighted by Crippen LogP contribution is 2.47. The molecular formula is C17H19BrO. The lowest BCUT2D eigenvalue weighted by Crippen LogP contribution is -2.51. The van der Waals surface area contributed by atoms with Crippen LogP contribution in [-0.4, -0.2) is 10.9 Å². The van der Waals surface area contributed by atoms with Crippen molar-refractivity contribution in [3.63, 3.8) is 0 Å². The van der Waals surface area contributed by atoms with Crippen LogP contribution in [0.2, 0.25) is 0 Å². The molecule has 100 valence electrons. The summed E-state index contributed by atoms with van der Waals surface area (Å²) in [4.78, 5) is 0.397. The molecule has 19 heavy (non-hydrogen) atoms. The smallest absolute Gasteiger partial charge is 0.0980 e. The quantitative estimate of drug-likeness (QED) is 0.665. The Bertz CT molecular complexity index is 599. The number of benzene rings is 2. The van der Waals surface area contributed by atoms with E-state index in [-0.39, 0.29) is 17.6 Å². The van der Waals surface area contributed by atoms with Crippen molar-refractivity contribution in [1.29, 1.82) is 0 Å². The average Bonchev–Trinajstić information content (AvgIpc) is 2.35. The number of fused-ring (bicyclic) bond motifs is 1. The topological polar surface area (TPSA) is 9.23 Å². The molecule has 1 aliphatic heterocycles. The Morgan fingerprint density at radius 3 is 2.32 bits per heavy atom. The molecule has 1 saturated heterocycles. The summed E-state index contributed by atoms with van der Waals surface area (Å²) in [6, 6.07) is 15.1. The van der Waals surface area contributed by atoms with Crippen LogP contribution in [0.3, 0.4) is 0 Å². The number of hydrogen-bond acceptors (Lipinski definition) is 1. The Morgan fingerprint density at radius 2 is 1.68 bits per heavy atom. The molecule has 2 aromatic carbocycles. The molecule has 1 fully saturated rings. The van der Waals surface area contributed by atoms with Crippen LogP contribution in [0.5, 0.6) is 0 Å². The molecule has 1 aliphatic rings. The van der Waals surface area contributed by atoms with Crippen LogP contribution in [-0.2, 0) is 4.74 Å². The first kappa shape index (κ1) is 13.1. The molecule has 0 unspecified atom stereocenters. The van der Waals surface area contributed by atoms with Gasteiger partial charge in [-0.05, 0) is 27.8 Å². The minimum absolute atomic E-state index is 0.175. The van der Waals surface area contributed by atoms with Gasteiger partial charge in [0.25, 0.3) is 0 Å². The van der Waals surface area contributed by atoms with Crippen LogP contribution in [0, 0.1) is 5.41 Å². The van der Waals surface area contributed by atoms with E-state index in [0.717, 1.165) is 0 Å². The lowest BCUT2D eigenvalue weighted by atomic mass is 9.80. The molecule has 0 radical (unpaired) electrons. The van der Waals surface area contributed by atoms with E-state index in [4.69, 9.17) is 4.74 Å². The molecule has 1 nitrogen and oxygen atoms in total. The van der Waals surface area contributed by atoms with Crippen molar-refractivity contribution in [2.75, 3.05) is 0 Å². The Morgan fingerprint density at radius 1 is 1.00 bits per heavy atom. The Kier molecular flexibility index (Phi) is 3.18. The Balaban J connectivity index is 1.87. The van der Waals surface area contributed by atoms with E-state index < -0.39 is 0 Å². The summed E-state index contributed by atoms with van der Waals surface area (Å²) in [7, 11) is 0. The van der Waals surface area contributed by atoms with Gasteiger partial charge in [0.2, 0.25) is 0 Å². The molecule has 1 heterocycles. The monoisotopic (exact) mass is 318 g/mol. The average molecular weight is 319 g/mol. The van der Waals surface area contributed by atoms with Gasteiger partial charge in [-0.3, -0.25) is 0 Å². The third-order valence-corrected chi connectivity index (χ3v) is 4.79. The normalized spacial score (nSPS) is 27.3. The van der Waals surface area contributed by atoms with Crippen molar-refractivity contribution in [2.45, 2.75) is 37.8 Å². The largest absolute Gasteiger partial charge is 0.367 e. The van der Waals surface area contributed by atoms with E-state index in [0.29, 0.717) is 4.83 Å². The summed E-state index contributed by atoms with van der Waals surface area (Å²) in [6.45, 7) is 6.67. The first-order valence-corrected chi connectivity index (χ1v) is 7.66. The number of halogens is 1. The van der Waals surface area contributed by atoms with Gasteiger partial charge in [0.1, 0.15) is 0 Å².